The Labute approximate surface area is 108 Å². The van der Waals surface area contributed by atoms with E-state index in [0.29, 0.717) is 12.1 Å². The van der Waals surface area contributed by atoms with Gasteiger partial charge in [0, 0.05) is 5.56 Å². The van der Waals surface area contributed by atoms with Gasteiger partial charge in [-0.3, -0.25) is 0 Å². The molecular weight excluding hydrogens is 292 g/mol. The summed E-state index contributed by atoms with van der Waals surface area (Å²) in [4.78, 5) is 10.9. The first-order valence-electron chi connectivity index (χ1n) is 5.29. The van der Waals surface area contributed by atoms with Crippen LogP contribution in [0, 0.1) is 5.82 Å². The second-order valence-corrected chi connectivity index (χ2v) is 4.11. The number of alkyl carbamates (subject to hydrolysis) is 1. The lowest BCUT2D eigenvalue weighted by molar-refractivity contribution is -0.142. The van der Waals surface area contributed by atoms with Crippen LogP contribution in [-0.4, -0.2) is 18.6 Å². The van der Waals surface area contributed by atoms with E-state index in [2.05, 4.69) is 4.74 Å². The topological polar surface area (TPSA) is 38.3 Å². The van der Waals surface area contributed by atoms with E-state index in [0.717, 1.165) is 6.07 Å². The molecule has 1 atom stereocenters. The minimum absolute atomic E-state index is 0.468. The largest absolute Gasteiger partial charge is 0.443 e. The molecule has 1 aliphatic heterocycles. The summed E-state index contributed by atoms with van der Waals surface area (Å²) in [5.74, 6) is -5.34. The third-order valence-electron chi connectivity index (χ3n) is 2.73. The number of rotatable bonds is 1. The Morgan fingerprint density at radius 1 is 1.30 bits per heavy atom. The number of ether oxygens (including phenoxy) is 1. The first-order chi connectivity index (χ1) is 9.13. The first-order valence-corrected chi connectivity index (χ1v) is 5.29. The number of hydrogen-bond donors (Lipinski definition) is 1. The lowest BCUT2D eigenvalue weighted by Crippen LogP contribution is -2.50. The quantitative estimate of drug-likeness (QED) is 0.808. The van der Waals surface area contributed by atoms with Crippen LogP contribution in [0.25, 0.3) is 0 Å². The highest BCUT2D eigenvalue weighted by molar-refractivity contribution is 5.69. The van der Waals surface area contributed by atoms with Crippen molar-refractivity contribution in [2.75, 3.05) is 6.61 Å². The number of cyclic esters (lactones) is 1. The minimum atomic E-state index is -5.03. The summed E-state index contributed by atoms with van der Waals surface area (Å²) < 4.78 is 83.2. The summed E-state index contributed by atoms with van der Waals surface area (Å²) in [6.07, 6.45) is -6.37. The number of halogens is 6. The first kappa shape index (κ1) is 14.5. The van der Waals surface area contributed by atoms with Gasteiger partial charge in [0.15, 0.2) is 6.61 Å². The van der Waals surface area contributed by atoms with Gasteiger partial charge in [-0.15, -0.1) is 0 Å². The van der Waals surface area contributed by atoms with E-state index < -0.39 is 47.8 Å². The van der Waals surface area contributed by atoms with Crippen molar-refractivity contribution < 1.29 is 35.9 Å². The number of amides is 1. The minimum Gasteiger partial charge on any atom is -0.443 e. The Morgan fingerprint density at radius 2 is 1.95 bits per heavy atom. The van der Waals surface area contributed by atoms with Crippen LogP contribution in [0.2, 0.25) is 0 Å². The van der Waals surface area contributed by atoms with Crippen LogP contribution in [0.3, 0.4) is 0 Å². The third kappa shape index (κ3) is 2.52. The molecule has 1 aromatic rings. The van der Waals surface area contributed by atoms with Crippen molar-refractivity contribution in [2.24, 2.45) is 0 Å². The standard InChI is InChI=1S/C11H7F6NO2/c12-6-3-1-2-5(11(15,16)17)7(6)8-10(13,14)4-20-9(19)18-8/h1-3,8H,4H2,(H,18,19)/t8-/m0/s1. The highest BCUT2D eigenvalue weighted by atomic mass is 19.4. The van der Waals surface area contributed by atoms with E-state index in [4.69, 9.17) is 0 Å². The van der Waals surface area contributed by atoms with E-state index >= 15 is 0 Å². The second-order valence-electron chi connectivity index (χ2n) is 4.11. The summed E-state index contributed by atoms with van der Waals surface area (Å²) in [7, 11) is 0. The molecule has 0 unspecified atom stereocenters. The lowest BCUT2D eigenvalue weighted by atomic mass is 9.94. The highest BCUT2D eigenvalue weighted by Crippen LogP contribution is 2.42. The molecule has 9 heteroatoms. The molecule has 1 heterocycles. The van der Waals surface area contributed by atoms with Crippen molar-refractivity contribution in [3.63, 3.8) is 0 Å². The highest BCUT2D eigenvalue weighted by Gasteiger charge is 2.51. The molecule has 20 heavy (non-hydrogen) atoms. The second kappa shape index (κ2) is 4.57. The number of alkyl halides is 5. The van der Waals surface area contributed by atoms with Crippen LogP contribution >= 0.6 is 0 Å². The molecule has 0 aromatic heterocycles. The Kier molecular flexibility index (Phi) is 3.31. The molecule has 1 aliphatic rings. The predicted molar refractivity (Wildman–Crippen MR) is 53.6 cm³/mol. The van der Waals surface area contributed by atoms with Gasteiger partial charge in [-0.1, -0.05) is 6.07 Å². The monoisotopic (exact) mass is 299 g/mol. The van der Waals surface area contributed by atoms with E-state index in [1.54, 1.807) is 0 Å². The van der Waals surface area contributed by atoms with Crippen molar-refractivity contribution in [1.29, 1.82) is 0 Å². The Hall–Kier alpha value is -1.93. The van der Waals surface area contributed by atoms with Crippen LogP contribution in [0.5, 0.6) is 0 Å². The van der Waals surface area contributed by atoms with Crippen LogP contribution in [0.4, 0.5) is 31.1 Å². The van der Waals surface area contributed by atoms with E-state index in [1.165, 1.54) is 5.32 Å². The van der Waals surface area contributed by atoms with Gasteiger partial charge in [0.2, 0.25) is 0 Å². The maximum atomic E-state index is 13.6. The van der Waals surface area contributed by atoms with Gasteiger partial charge in [-0.05, 0) is 12.1 Å². The summed E-state index contributed by atoms with van der Waals surface area (Å²) in [6, 6.07) is -0.610. The number of carbonyl (C=O) groups is 1. The lowest BCUT2D eigenvalue weighted by Gasteiger charge is -2.33. The zero-order valence-corrected chi connectivity index (χ0v) is 9.60. The predicted octanol–water partition coefficient (Wildman–Crippen LogP) is 3.26. The number of carbonyl (C=O) groups excluding carboxylic acids is 1. The molecule has 0 aliphatic carbocycles. The van der Waals surface area contributed by atoms with Crippen molar-refractivity contribution in [3.8, 4) is 0 Å². The maximum absolute atomic E-state index is 13.6. The molecule has 0 radical (unpaired) electrons. The van der Waals surface area contributed by atoms with Gasteiger partial charge in [-0.25, -0.2) is 18.0 Å². The molecule has 1 saturated heterocycles. The molecule has 1 aromatic carbocycles. The molecule has 1 fully saturated rings. The van der Waals surface area contributed by atoms with Gasteiger partial charge in [0.05, 0.1) is 5.56 Å². The normalized spacial score (nSPS) is 22.1. The van der Waals surface area contributed by atoms with Crippen molar-refractivity contribution in [1.82, 2.24) is 5.32 Å². The van der Waals surface area contributed by atoms with Gasteiger partial charge in [-0.2, -0.15) is 13.2 Å². The fraction of sp³-hybridized carbons (Fsp3) is 0.364. The Balaban J connectivity index is 2.58. The SMILES string of the molecule is O=C1N[C@@H](c2c(F)cccc2C(F)(F)F)C(F)(F)CO1. The van der Waals surface area contributed by atoms with Gasteiger partial charge in [0.25, 0.3) is 0 Å². The van der Waals surface area contributed by atoms with E-state index in [1.807, 2.05) is 0 Å². The van der Waals surface area contributed by atoms with E-state index in [-0.39, 0.29) is 0 Å². The summed E-state index contributed by atoms with van der Waals surface area (Å²) in [5, 5.41) is 1.53. The van der Waals surface area contributed by atoms with Crippen molar-refractivity contribution in [2.45, 2.75) is 18.1 Å². The van der Waals surface area contributed by atoms with Crippen molar-refractivity contribution >= 4 is 6.09 Å². The van der Waals surface area contributed by atoms with Crippen LogP contribution < -0.4 is 5.32 Å². The van der Waals surface area contributed by atoms with Crippen LogP contribution in [0.1, 0.15) is 17.2 Å². The molecule has 0 spiro atoms. The molecule has 0 saturated carbocycles. The van der Waals surface area contributed by atoms with Gasteiger partial charge >= 0.3 is 18.2 Å². The molecular formula is C11H7F6NO2. The van der Waals surface area contributed by atoms with E-state index in [9.17, 15) is 31.1 Å². The summed E-state index contributed by atoms with van der Waals surface area (Å²) >= 11 is 0. The van der Waals surface area contributed by atoms with Crippen LogP contribution in [0.15, 0.2) is 18.2 Å². The summed E-state index contributed by atoms with van der Waals surface area (Å²) in [5.41, 5.74) is -2.87. The fourth-order valence-electron chi connectivity index (χ4n) is 1.87. The molecule has 3 nitrogen and oxygen atoms in total. The van der Waals surface area contributed by atoms with Crippen LogP contribution in [-0.2, 0) is 10.9 Å². The Bertz CT molecular complexity index is 542. The third-order valence-corrected chi connectivity index (χ3v) is 2.73. The van der Waals surface area contributed by atoms with Gasteiger partial charge in [0.1, 0.15) is 11.9 Å². The average molecular weight is 299 g/mol. The average Bonchev–Trinajstić information content (AvgIpc) is 2.31. The number of hydrogen-bond acceptors (Lipinski definition) is 2. The zero-order valence-electron chi connectivity index (χ0n) is 9.60. The Morgan fingerprint density at radius 3 is 2.55 bits per heavy atom. The number of benzene rings is 1. The molecule has 1 amide bonds. The zero-order chi connectivity index (χ0) is 15.1. The van der Waals surface area contributed by atoms with Gasteiger partial charge < -0.3 is 10.1 Å². The summed E-state index contributed by atoms with van der Waals surface area (Å²) in [6.45, 7) is -1.42. The number of nitrogens with one attached hydrogen (secondary N) is 1. The maximum Gasteiger partial charge on any atom is 0.416 e. The molecule has 1 N–H and O–H groups in total. The smallest absolute Gasteiger partial charge is 0.416 e. The molecule has 0 bridgehead atoms. The molecule has 2 rings (SSSR count). The molecule has 110 valence electrons. The van der Waals surface area contributed by atoms with Crippen molar-refractivity contribution in [3.05, 3.63) is 35.1 Å². The fourth-order valence-corrected chi connectivity index (χ4v) is 1.87.